The third-order valence-electron chi connectivity index (χ3n) is 9.73. The zero-order chi connectivity index (χ0) is 31.2. The number of rotatable bonds is 4. The molecule has 2 aromatic carbocycles. The molecule has 10 heteroatoms. The molecule has 2 unspecified atom stereocenters. The highest BCUT2D eigenvalue weighted by atomic mass is 19.4. The van der Waals surface area contributed by atoms with E-state index in [0.717, 1.165) is 46.2 Å². The summed E-state index contributed by atoms with van der Waals surface area (Å²) in [6, 6.07) is 14.7. The van der Waals surface area contributed by atoms with Crippen LogP contribution in [0.25, 0.3) is 5.82 Å². The molecule has 5 aliphatic heterocycles. The number of likely N-dealkylation sites (N-methyl/N-ethyl adjacent to an activating group) is 1. The van der Waals surface area contributed by atoms with E-state index in [2.05, 4.69) is 91.2 Å². The second-order valence-electron chi connectivity index (χ2n) is 13.2. The van der Waals surface area contributed by atoms with Crippen molar-refractivity contribution in [3.05, 3.63) is 94.5 Å². The fraction of sp³-hybridized carbons (Fsp3) is 0.412. The molecule has 0 radical (unpaired) electrons. The summed E-state index contributed by atoms with van der Waals surface area (Å²) in [5, 5.41) is 3.59. The molecule has 0 amide bonds. The van der Waals surface area contributed by atoms with Gasteiger partial charge in [-0.2, -0.15) is 13.2 Å². The van der Waals surface area contributed by atoms with Gasteiger partial charge in [0.1, 0.15) is 12.0 Å². The van der Waals surface area contributed by atoms with Crippen molar-refractivity contribution in [2.45, 2.75) is 71.3 Å². The number of hydrogen-bond donors (Lipinski definition) is 1. The number of fused-ring (bicyclic) bond motifs is 3. The minimum atomic E-state index is -4.62. The average molecular weight is 602 g/mol. The van der Waals surface area contributed by atoms with Crippen LogP contribution in [0.1, 0.15) is 58.9 Å². The first-order valence-corrected chi connectivity index (χ1v) is 15.3. The summed E-state index contributed by atoms with van der Waals surface area (Å²) in [4.78, 5) is 16.2. The quantitative estimate of drug-likeness (QED) is 0.487. The molecule has 0 aliphatic carbocycles. The predicted octanol–water partition coefficient (Wildman–Crippen LogP) is 5.71. The Morgan fingerprint density at radius 1 is 0.955 bits per heavy atom. The monoisotopic (exact) mass is 601 g/mol. The van der Waals surface area contributed by atoms with Gasteiger partial charge in [-0.05, 0) is 48.8 Å². The number of nitrogens with one attached hydrogen (secondary N) is 1. The van der Waals surface area contributed by atoms with Gasteiger partial charge in [-0.15, -0.1) is 0 Å². The summed E-state index contributed by atoms with van der Waals surface area (Å²) < 4.78 is 42.4. The Morgan fingerprint density at radius 2 is 1.68 bits per heavy atom. The van der Waals surface area contributed by atoms with Gasteiger partial charge < -0.3 is 14.7 Å². The Hall–Kier alpha value is -4.21. The summed E-state index contributed by atoms with van der Waals surface area (Å²) in [5.74, 6) is 0.202. The molecule has 7 nitrogen and oxygen atoms in total. The summed E-state index contributed by atoms with van der Waals surface area (Å²) in [7, 11) is 1.82. The highest BCUT2D eigenvalue weighted by Gasteiger charge is 2.56. The van der Waals surface area contributed by atoms with Crippen LogP contribution >= 0.6 is 0 Å². The van der Waals surface area contributed by atoms with Gasteiger partial charge in [0, 0.05) is 29.8 Å². The minimum Gasteiger partial charge on any atom is -0.348 e. The smallest absolute Gasteiger partial charge is 0.348 e. The Labute approximate surface area is 256 Å². The normalized spacial score (nSPS) is 24.8. The van der Waals surface area contributed by atoms with Crippen LogP contribution in [-0.2, 0) is 0 Å². The van der Waals surface area contributed by atoms with Crippen molar-refractivity contribution in [2.75, 3.05) is 23.4 Å². The van der Waals surface area contributed by atoms with E-state index in [1.54, 1.807) is 16.0 Å². The number of amidine groups is 1. The predicted molar refractivity (Wildman–Crippen MR) is 168 cm³/mol. The minimum absolute atomic E-state index is 0.115. The lowest BCUT2D eigenvalue weighted by Crippen LogP contribution is -2.65. The molecule has 0 spiro atoms. The number of allylic oxidation sites excluding steroid dienone is 3. The molecule has 44 heavy (non-hydrogen) atoms. The standard InChI is InChI=1S/C34H38F3N7/c1-7-33(8-2)22(20-42-28(26-18-11-12-19-41(26)6)39-30(40-42)34(35,36)37)21-14-13-15-23-27(21)29-43(31(38-23)32(3,4)5)24-16-9-10-17-25(24)44(29)33/h9-19,22,31H,7-8,20H2,1-6H3,(H,39,40). The van der Waals surface area contributed by atoms with Crippen LogP contribution < -0.4 is 25.8 Å². The summed E-state index contributed by atoms with van der Waals surface area (Å²) in [5.41, 5.74) is 6.00. The van der Waals surface area contributed by atoms with Crippen LogP contribution in [0.4, 0.5) is 24.5 Å². The first-order valence-electron chi connectivity index (χ1n) is 15.3. The van der Waals surface area contributed by atoms with E-state index in [0.29, 0.717) is 5.70 Å². The lowest BCUT2D eigenvalue weighted by atomic mass is 9.71. The fourth-order valence-corrected chi connectivity index (χ4v) is 7.63. The highest BCUT2D eigenvalue weighted by Crippen LogP contribution is 2.56. The van der Waals surface area contributed by atoms with Crippen LogP contribution in [0.2, 0.25) is 0 Å². The van der Waals surface area contributed by atoms with Gasteiger partial charge in [-0.25, -0.2) is 4.99 Å². The first kappa shape index (κ1) is 28.6. The third kappa shape index (κ3) is 3.95. The van der Waals surface area contributed by atoms with Crippen LogP contribution in [0.3, 0.4) is 0 Å². The molecule has 0 saturated carbocycles. The molecular weight excluding hydrogens is 563 g/mol. The second kappa shape index (κ2) is 9.64. The van der Waals surface area contributed by atoms with Gasteiger partial charge >= 0.3 is 6.18 Å². The molecule has 0 saturated heterocycles. The number of para-hydroxylation sites is 2. The van der Waals surface area contributed by atoms with Crippen molar-refractivity contribution in [3.8, 4) is 0 Å². The Balaban J connectivity index is 1.47. The van der Waals surface area contributed by atoms with Gasteiger partial charge in [0.05, 0.1) is 34.5 Å². The largest absolute Gasteiger partial charge is 0.451 e. The molecule has 5 aliphatic rings. The molecule has 0 fully saturated rings. The van der Waals surface area contributed by atoms with Crippen molar-refractivity contribution < 1.29 is 13.2 Å². The van der Waals surface area contributed by atoms with E-state index in [1.807, 2.05) is 31.5 Å². The number of hydrazine groups is 1. The summed E-state index contributed by atoms with van der Waals surface area (Å²) in [6.07, 6.45) is 4.14. The summed E-state index contributed by atoms with van der Waals surface area (Å²) in [6.45, 7) is 11.3. The molecule has 7 rings (SSSR count). The molecular formula is C34H38F3N7. The molecule has 1 N–H and O–H groups in total. The average Bonchev–Trinajstić information content (AvgIpc) is 3.57. The van der Waals surface area contributed by atoms with Crippen molar-refractivity contribution in [1.29, 1.82) is 0 Å². The van der Waals surface area contributed by atoms with Gasteiger partial charge in [0.2, 0.25) is 5.84 Å². The number of nitrogens with zero attached hydrogens (tertiary/aromatic N) is 6. The number of hydrogen-bond acceptors (Lipinski definition) is 7. The van der Waals surface area contributed by atoms with E-state index in [1.165, 1.54) is 0 Å². The number of alkyl halides is 3. The molecule has 5 heterocycles. The Morgan fingerprint density at radius 3 is 2.34 bits per heavy atom. The van der Waals surface area contributed by atoms with Crippen LogP contribution in [-0.4, -0.2) is 47.2 Å². The summed E-state index contributed by atoms with van der Waals surface area (Å²) >= 11 is 0. The van der Waals surface area contributed by atoms with Crippen LogP contribution in [0.5, 0.6) is 0 Å². The van der Waals surface area contributed by atoms with E-state index < -0.39 is 17.6 Å². The van der Waals surface area contributed by atoms with Gasteiger partial charge in [-0.3, -0.25) is 15.4 Å². The second-order valence-corrected chi connectivity index (χ2v) is 13.2. The topological polar surface area (TPSA) is 49.7 Å². The number of halogens is 3. The maximum atomic E-state index is 14.1. The first-order chi connectivity index (χ1) is 20.9. The zero-order valence-corrected chi connectivity index (χ0v) is 25.9. The molecule has 2 atom stereocenters. The van der Waals surface area contributed by atoms with E-state index in [9.17, 15) is 13.2 Å². The molecule has 0 aromatic heterocycles. The van der Waals surface area contributed by atoms with E-state index in [4.69, 9.17) is 4.99 Å². The van der Waals surface area contributed by atoms with Crippen LogP contribution in [0, 0.1) is 5.41 Å². The van der Waals surface area contributed by atoms with Crippen molar-refractivity contribution >= 4 is 23.0 Å². The maximum absolute atomic E-state index is 14.1. The third-order valence-corrected chi connectivity index (χ3v) is 9.73. The van der Waals surface area contributed by atoms with E-state index >= 15 is 0 Å². The van der Waals surface area contributed by atoms with Gasteiger partial charge in [0.15, 0.2) is 5.82 Å². The Bertz CT molecular complexity index is 1770. The van der Waals surface area contributed by atoms with Crippen LogP contribution in [0.15, 0.2) is 88.4 Å². The fourth-order valence-electron chi connectivity index (χ4n) is 7.63. The van der Waals surface area contributed by atoms with Crippen molar-refractivity contribution in [2.24, 2.45) is 15.4 Å². The zero-order valence-electron chi connectivity index (χ0n) is 25.9. The number of anilines is 2. The maximum Gasteiger partial charge on any atom is 0.451 e. The SMILES string of the molecule is CCC1(CC)C(CN2NC(C(F)(F)F)=NC2=C2C=CC=CN2C)c2cccc3c2=C2N(c4ccccc4N21)C(C(C)(C)C)N=3. The molecule has 230 valence electrons. The van der Waals surface area contributed by atoms with Gasteiger partial charge in [-0.1, -0.05) is 65.0 Å². The van der Waals surface area contributed by atoms with Crippen molar-refractivity contribution in [1.82, 2.24) is 15.3 Å². The van der Waals surface area contributed by atoms with Crippen molar-refractivity contribution in [3.63, 3.8) is 0 Å². The molecule has 2 aromatic rings. The lowest BCUT2D eigenvalue weighted by molar-refractivity contribution is -0.0631. The van der Waals surface area contributed by atoms with E-state index in [-0.39, 0.29) is 29.9 Å². The number of benzene rings is 2. The highest BCUT2D eigenvalue weighted by molar-refractivity contribution is 5.98. The van der Waals surface area contributed by atoms with Gasteiger partial charge in [0.25, 0.3) is 0 Å². The number of aliphatic imine (C=N–C) groups is 1. The molecule has 0 bridgehead atoms. The Kier molecular flexibility index (Phi) is 6.26. The lowest BCUT2D eigenvalue weighted by Gasteiger charge is -2.53.